The average molecular weight is 547 g/mol. The molecule has 0 amide bonds. The number of aryl methyl sites for hydroxylation is 2. The van der Waals surface area contributed by atoms with Gasteiger partial charge in [0.25, 0.3) is 5.56 Å². The lowest BCUT2D eigenvalue weighted by Crippen LogP contribution is -2.29. The van der Waals surface area contributed by atoms with E-state index in [1.165, 1.54) is 11.1 Å². The molecule has 0 saturated heterocycles. The highest BCUT2D eigenvalue weighted by molar-refractivity contribution is 7.98. The van der Waals surface area contributed by atoms with Crippen LogP contribution in [0.15, 0.2) is 64.5 Å². The Balaban J connectivity index is 1.45. The summed E-state index contributed by atoms with van der Waals surface area (Å²) >= 11 is 3.27. The predicted molar refractivity (Wildman–Crippen MR) is 152 cm³/mol. The molecule has 3 aromatic heterocycles. The summed E-state index contributed by atoms with van der Waals surface area (Å²) < 4.78 is 15.4. The van der Waals surface area contributed by atoms with Gasteiger partial charge in [0.1, 0.15) is 10.6 Å². The van der Waals surface area contributed by atoms with Crippen molar-refractivity contribution in [2.24, 2.45) is 5.92 Å². The topological polar surface area (TPSA) is 70.7 Å². The lowest BCUT2D eigenvalue weighted by atomic mass is 9.96. The van der Waals surface area contributed by atoms with Gasteiger partial charge < -0.3 is 9.47 Å². The number of benzene rings is 2. The van der Waals surface area contributed by atoms with Crippen molar-refractivity contribution in [3.05, 3.63) is 86.5 Å². The van der Waals surface area contributed by atoms with Gasteiger partial charge in [-0.25, -0.2) is 4.40 Å². The molecule has 1 aliphatic heterocycles. The van der Waals surface area contributed by atoms with Crippen LogP contribution in [0.5, 0.6) is 5.75 Å². The maximum absolute atomic E-state index is 14.1. The van der Waals surface area contributed by atoms with Crippen molar-refractivity contribution in [3.8, 4) is 5.75 Å². The number of hydrogen-bond acceptors (Lipinski definition) is 7. The number of nitrogens with zero attached hydrogens (tertiary/aromatic N) is 4. The Morgan fingerprint density at radius 3 is 2.63 bits per heavy atom. The first-order valence-electron chi connectivity index (χ1n) is 12.9. The zero-order valence-corrected chi connectivity index (χ0v) is 23.3. The number of ether oxygens (including phenoxy) is 2. The molecular weight excluding hydrogens is 516 g/mol. The number of aromatic nitrogens is 4. The molecule has 7 nitrogen and oxygen atoms in total. The third-order valence-electron chi connectivity index (χ3n) is 7.16. The van der Waals surface area contributed by atoms with E-state index in [2.05, 4.69) is 52.7 Å². The second-order valence-corrected chi connectivity index (χ2v) is 12.0. The first-order valence-corrected chi connectivity index (χ1v) is 14.7. The molecule has 38 heavy (non-hydrogen) atoms. The lowest BCUT2D eigenvalue weighted by Gasteiger charge is -2.26. The number of fused-ring (bicyclic) bond motifs is 5. The molecule has 9 heteroatoms. The molecule has 0 radical (unpaired) electrons. The number of hydrogen-bond donors (Lipinski definition) is 0. The molecule has 0 saturated carbocycles. The first-order chi connectivity index (χ1) is 18.5. The lowest BCUT2D eigenvalue weighted by molar-refractivity contribution is 0.00200. The van der Waals surface area contributed by atoms with E-state index < -0.39 is 0 Å². The predicted octanol–water partition coefficient (Wildman–Crippen LogP) is 5.75. The molecule has 1 unspecified atom stereocenters. The molecule has 2 aromatic carbocycles. The van der Waals surface area contributed by atoms with E-state index in [-0.39, 0.29) is 11.7 Å². The van der Waals surface area contributed by atoms with Crippen LogP contribution in [-0.4, -0.2) is 32.4 Å². The van der Waals surface area contributed by atoms with E-state index in [0.29, 0.717) is 24.8 Å². The Morgan fingerprint density at radius 2 is 1.89 bits per heavy atom. The van der Waals surface area contributed by atoms with Crippen molar-refractivity contribution in [1.82, 2.24) is 19.2 Å². The van der Waals surface area contributed by atoms with Crippen molar-refractivity contribution in [2.45, 2.75) is 56.9 Å². The van der Waals surface area contributed by atoms with Crippen LogP contribution in [0.2, 0.25) is 0 Å². The molecule has 1 atom stereocenters. The van der Waals surface area contributed by atoms with Crippen LogP contribution in [0.4, 0.5) is 0 Å². The second-order valence-electron chi connectivity index (χ2n) is 9.93. The summed E-state index contributed by atoms with van der Waals surface area (Å²) in [5, 5.41) is 10.7. The van der Waals surface area contributed by atoms with Crippen molar-refractivity contribution in [3.63, 3.8) is 0 Å². The third kappa shape index (κ3) is 4.63. The minimum absolute atomic E-state index is 0.0180. The standard InChI is InChI=1S/C29H30N4O3S2/c1-18(2)23-15-22-24(16-36-23)38-27-25(22)26(34)32(14-13-19-7-5-4-6-8-19)28-30-31-29(33(27)28)37-17-20-9-11-21(35-3)12-10-20/h4-12,18,23H,13-17H2,1-3H3. The summed E-state index contributed by atoms with van der Waals surface area (Å²) in [6.07, 6.45) is 1.61. The number of thioether (sulfide) groups is 1. The van der Waals surface area contributed by atoms with Gasteiger partial charge >= 0.3 is 0 Å². The van der Waals surface area contributed by atoms with Crippen LogP contribution < -0.4 is 10.3 Å². The van der Waals surface area contributed by atoms with E-state index in [1.807, 2.05) is 34.9 Å². The quantitative estimate of drug-likeness (QED) is 0.231. The van der Waals surface area contributed by atoms with Gasteiger partial charge in [-0.2, -0.15) is 0 Å². The van der Waals surface area contributed by atoms with E-state index >= 15 is 0 Å². The largest absolute Gasteiger partial charge is 0.497 e. The summed E-state index contributed by atoms with van der Waals surface area (Å²) in [7, 11) is 1.67. The van der Waals surface area contributed by atoms with Crippen molar-refractivity contribution in [2.75, 3.05) is 7.11 Å². The number of methoxy groups -OCH3 is 1. The summed E-state index contributed by atoms with van der Waals surface area (Å²) in [6, 6.07) is 18.3. The summed E-state index contributed by atoms with van der Waals surface area (Å²) in [6.45, 7) is 5.43. The average Bonchev–Trinajstić information content (AvgIpc) is 3.54. The van der Waals surface area contributed by atoms with Crippen LogP contribution in [0.25, 0.3) is 16.0 Å². The smallest absolute Gasteiger partial charge is 0.263 e. The second kappa shape index (κ2) is 10.6. The van der Waals surface area contributed by atoms with Crippen LogP contribution in [0.3, 0.4) is 0 Å². The van der Waals surface area contributed by atoms with Crippen LogP contribution in [0, 0.1) is 5.92 Å². The molecule has 196 valence electrons. The van der Waals surface area contributed by atoms with Crippen LogP contribution >= 0.6 is 23.1 Å². The fraction of sp³-hybridized carbons (Fsp3) is 0.345. The monoisotopic (exact) mass is 546 g/mol. The molecule has 5 aromatic rings. The molecular formula is C29H30N4O3S2. The zero-order chi connectivity index (χ0) is 26.2. The Morgan fingerprint density at radius 1 is 1.11 bits per heavy atom. The molecule has 0 bridgehead atoms. The van der Waals surface area contributed by atoms with Gasteiger partial charge in [-0.1, -0.05) is 68.1 Å². The minimum atomic E-state index is 0.0180. The number of thiophene rings is 1. The Hall–Kier alpha value is -3.14. The van der Waals surface area contributed by atoms with Gasteiger partial charge in [0.15, 0.2) is 5.16 Å². The minimum Gasteiger partial charge on any atom is -0.497 e. The fourth-order valence-corrected chi connectivity index (χ4v) is 7.16. The summed E-state index contributed by atoms with van der Waals surface area (Å²) in [5.74, 6) is 2.55. The highest BCUT2D eigenvalue weighted by Gasteiger charge is 2.29. The van der Waals surface area contributed by atoms with Crippen molar-refractivity contribution in [1.29, 1.82) is 0 Å². The van der Waals surface area contributed by atoms with Gasteiger partial charge in [-0.05, 0) is 41.2 Å². The van der Waals surface area contributed by atoms with E-state index in [4.69, 9.17) is 9.47 Å². The maximum atomic E-state index is 14.1. The van der Waals surface area contributed by atoms with Crippen LogP contribution in [-0.2, 0) is 36.5 Å². The van der Waals surface area contributed by atoms with Crippen molar-refractivity contribution >= 4 is 39.1 Å². The highest BCUT2D eigenvalue weighted by atomic mass is 32.2. The molecule has 0 N–H and O–H groups in total. The molecule has 6 rings (SSSR count). The molecule has 0 spiro atoms. The van der Waals surface area contributed by atoms with E-state index in [0.717, 1.165) is 50.2 Å². The van der Waals surface area contributed by atoms with Gasteiger partial charge in [0.2, 0.25) is 5.78 Å². The molecule has 0 fully saturated rings. The zero-order valence-electron chi connectivity index (χ0n) is 21.7. The van der Waals surface area contributed by atoms with Gasteiger partial charge in [0.05, 0.1) is 25.2 Å². The molecule has 4 heterocycles. The number of rotatable bonds is 8. The Bertz CT molecular complexity index is 1640. The first kappa shape index (κ1) is 25.2. The van der Waals surface area contributed by atoms with Gasteiger partial charge in [-0.3, -0.25) is 9.36 Å². The van der Waals surface area contributed by atoms with Crippen molar-refractivity contribution < 1.29 is 9.47 Å². The Labute approximate surface area is 229 Å². The fourth-order valence-electron chi connectivity index (χ4n) is 4.97. The highest BCUT2D eigenvalue weighted by Crippen LogP contribution is 2.37. The van der Waals surface area contributed by atoms with E-state index in [1.54, 1.807) is 30.2 Å². The molecule has 1 aliphatic rings. The normalized spacial score (nSPS) is 15.4. The van der Waals surface area contributed by atoms with E-state index in [9.17, 15) is 4.79 Å². The Kier molecular flexibility index (Phi) is 6.99. The summed E-state index contributed by atoms with van der Waals surface area (Å²) in [5.41, 5.74) is 3.51. The maximum Gasteiger partial charge on any atom is 0.263 e. The van der Waals surface area contributed by atoms with Gasteiger partial charge in [0, 0.05) is 23.6 Å². The molecule has 0 aliphatic carbocycles. The van der Waals surface area contributed by atoms with Gasteiger partial charge in [-0.15, -0.1) is 21.5 Å². The summed E-state index contributed by atoms with van der Waals surface area (Å²) in [4.78, 5) is 16.1. The third-order valence-corrected chi connectivity index (χ3v) is 9.35. The SMILES string of the molecule is COc1ccc(CSc2nnc3n(CCc4ccccc4)c(=O)c4c5c(sc4n23)COC(C(C)C)C5)cc1. The van der Waals surface area contributed by atoms with Crippen LogP contribution in [0.1, 0.15) is 35.4 Å².